The molecule has 0 aromatic heterocycles. The van der Waals surface area contributed by atoms with E-state index in [2.05, 4.69) is 10.3 Å². The molecule has 1 saturated carbocycles. The average Bonchev–Trinajstić information content (AvgIpc) is 3.35. The van der Waals surface area contributed by atoms with Crippen molar-refractivity contribution in [2.45, 2.75) is 25.4 Å². The van der Waals surface area contributed by atoms with Gasteiger partial charge in [-0.2, -0.15) is 0 Å². The molecule has 0 spiro atoms. The first-order valence-electron chi connectivity index (χ1n) is 7.02. The van der Waals surface area contributed by atoms with Gasteiger partial charge in [-0.3, -0.25) is 4.79 Å². The maximum atomic E-state index is 11.7. The van der Waals surface area contributed by atoms with Crippen LogP contribution < -0.4 is 15.8 Å². The maximum Gasteiger partial charge on any atom is 0.242 e. The summed E-state index contributed by atoms with van der Waals surface area (Å²) in [5.74, 6) is 1.08. The number of hydrogen-bond donors (Lipinski definition) is 2. The number of guanidine groups is 1. The minimum Gasteiger partial charge on any atom is -0.497 e. The second-order valence-electron chi connectivity index (χ2n) is 5.14. The van der Waals surface area contributed by atoms with Crippen LogP contribution in [0.5, 0.6) is 5.75 Å². The van der Waals surface area contributed by atoms with Crippen LogP contribution in [0.15, 0.2) is 29.3 Å². The monoisotopic (exact) mass is 418 g/mol. The zero-order valence-corrected chi connectivity index (χ0v) is 15.2. The van der Waals surface area contributed by atoms with E-state index < -0.39 is 0 Å². The molecule has 3 N–H and O–H groups in total. The van der Waals surface area contributed by atoms with Crippen LogP contribution in [0.2, 0.25) is 0 Å². The third kappa shape index (κ3) is 5.70. The molecular formula is C15H23IN4O2. The molecule has 1 aromatic carbocycles. The number of halogens is 1. The molecule has 122 valence electrons. The van der Waals surface area contributed by atoms with Gasteiger partial charge in [0, 0.05) is 19.6 Å². The largest absolute Gasteiger partial charge is 0.497 e. The number of nitrogens with one attached hydrogen (secondary N) is 1. The van der Waals surface area contributed by atoms with Gasteiger partial charge in [0.05, 0.1) is 7.11 Å². The van der Waals surface area contributed by atoms with Crippen LogP contribution in [0.4, 0.5) is 0 Å². The van der Waals surface area contributed by atoms with E-state index >= 15 is 0 Å². The maximum absolute atomic E-state index is 11.7. The zero-order valence-electron chi connectivity index (χ0n) is 12.9. The van der Waals surface area contributed by atoms with Crippen LogP contribution >= 0.6 is 24.0 Å². The van der Waals surface area contributed by atoms with Gasteiger partial charge in [0.2, 0.25) is 5.91 Å². The molecule has 0 saturated heterocycles. The summed E-state index contributed by atoms with van der Waals surface area (Å²) in [5, 5.41) is 2.81. The fraction of sp³-hybridized carbons (Fsp3) is 0.467. The Morgan fingerprint density at radius 1 is 1.41 bits per heavy atom. The highest BCUT2D eigenvalue weighted by Crippen LogP contribution is 2.24. The Hall–Kier alpha value is -1.51. The molecule has 1 aliphatic rings. The number of amides is 1. The van der Waals surface area contributed by atoms with Gasteiger partial charge in [0.15, 0.2) is 5.96 Å². The summed E-state index contributed by atoms with van der Waals surface area (Å²) in [6.07, 6.45) is 2.30. The number of carbonyl (C=O) groups excluding carboxylic acids is 1. The summed E-state index contributed by atoms with van der Waals surface area (Å²) in [5.41, 5.74) is 6.84. The summed E-state index contributed by atoms with van der Waals surface area (Å²) < 4.78 is 5.08. The van der Waals surface area contributed by atoms with Crippen molar-refractivity contribution in [1.82, 2.24) is 10.2 Å². The fourth-order valence-corrected chi connectivity index (χ4v) is 1.91. The van der Waals surface area contributed by atoms with Crippen LogP contribution in [-0.4, -0.2) is 43.5 Å². The summed E-state index contributed by atoms with van der Waals surface area (Å²) in [4.78, 5) is 17.8. The number of methoxy groups -OCH3 is 1. The van der Waals surface area contributed by atoms with E-state index in [1.54, 1.807) is 7.11 Å². The number of benzene rings is 1. The standard InChI is InChI=1S/C15H22N4O2.HI/c1-19(12-5-6-12)15(16)18-10-14(20)17-9-11-3-7-13(21-2)8-4-11;/h3-4,7-8,12H,5-6,9-10H2,1-2H3,(H2,16,18)(H,17,20);1H. The molecule has 6 nitrogen and oxygen atoms in total. The molecule has 7 heteroatoms. The van der Waals surface area contributed by atoms with Crippen LogP contribution in [-0.2, 0) is 11.3 Å². The Kier molecular flexibility index (Phi) is 7.43. The molecule has 0 bridgehead atoms. The molecule has 2 rings (SSSR count). The molecule has 0 heterocycles. The average molecular weight is 418 g/mol. The normalized spacial score (nSPS) is 14.0. The number of carbonyl (C=O) groups is 1. The second-order valence-corrected chi connectivity index (χ2v) is 5.14. The molecule has 1 aliphatic carbocycles. The van der Waals surface area contributed by atoms with E-state index in [1.165, 1.54) is 0 Å². The van der Waals surface area contributed by atoms with Crippen LogP contribution in [0.1, 0.15) is 18.4 Å². The molecule has 1 aromatic rings. The van der Waals surface area contributed by atoms with Crippen molar-refractivity contribution < 1.29 is 9.53 Å². The van der Waals surface area contributed by atoms with Crippen molar-refractivity contribution in [3.63, 3.8) is 0 Å². The lowest BCUT2D eigenvalue weighted by molar-refractivity contribution is -0.119. The third-order valence-corrected chi connectivity index (χ3v) is 3.49. The minimum atomic E-state index is -0.141. The Morgan fingerprint density at radius 3 is 2.59 bits per heavy atom. The Morgan fingerprint density at radius 2 is 2.05 bits per heavy atom. The third-order valence-electron chi connectivity index (χ3n) is 3.49. The Balaban J connectivity index is 0.00000242. The van der Waals surface area contributed by atoms with Crippen molar-refractivity contribution in [2.75, 3.05) is 20.7 Å². The van der Waals surface area contributed by atoms with Crippen LogP contribution in [0.25, 0.3) is 0 Å². The molecule has 0 aliphatic heterocycles. The lowest BCUT2D eigenvalue weighted by atomic mass is 10.2. The number of aliphatic imine (C=N–C) groups is 1. The first-order chi connectivity index (χ1) is 10.1. The van der Waals surface area contributed by atoms with Gasteiger partial charge < -0.3 is 20.7 Å². The van der Waals surface area contributed by atoms with Gasteiger partial charge in [-0.25, -0.2) is 4.99 Å². The quantitative estimate of drug-likeness (QED) is 0.415. The van der Waals surface area contributed by atoms with Gasteiger partial charge in [0.25, 0.3) is 0 Å². The second kappa shape index (κ2) is 8.82. The van der Waals surface area contributed by atoms with E-state index in [9.17, 15) is 4.79 Å². The SMILES string of the molecule is COc1ccc(CNC(=O)CN=C(N)N(C)C2CC2)cc1.I. The van der Waals surface area contributed by atoms with Gasteiger partial charge in [-0.05, 0) is 30.5 Å². The van der Waals surface area contributed by atoms with Crippen molar-refractivity contribution >= 4 is 35.8 Å². The van der Waals surface area contributed by atoms with Crippen LogP contribution in [0, 0.1) is 0 Å². The molecule has 0 unspecified atom stereocenters. The van der Waals surface area contributed by atoms with Crippen molar-refractivity contribution in [3.8, 4) is 5.75 Å². The summed E-state index contributed by atoms with van der Waals surface area (Å²) in [6.45, 7) is 0.524. The number of nitrogens with zero attached hydrogens (tertiary/aromatic N) is 2. The van der Waals surface area contributed by atoms with E-state index in [1.807, 2.05) is 36.2 Å². The lowest BCUT2D eigenvalue weighted by Crippen LogP contribution is -2.37. The van der Waals surface area contributed by atoms with E-state index in [-0.39, 0.29) is 36.4 Å². The number of nitrogens with two attached hydrogens (primary N) is 1. The highest BCUT2D eigenvalue weighted by Gasteiger charge is 2.27. The Labute approximate surface area is 148 Å². The summed E-state index contributed by atoms with van der Waals surface area (Å²) >= 11 is 0. The smallest absolute Gasteiger partial charge is 0.242 e. The minimum absolute atomic E-state index is 0. The highest BCUT2D eigenvalue weighted by atomic mass is 127. The first kappa shape index (κ1) is 18.5. The summed E-state index contributed by atoms with van der Waals surface area (Å²) in [6, 6.07) is 8.05. The molecular weight excluding hydrogens is 395 g/mol. The van der Waals surface area contributed by atoms with E-state index in [0.717, 1.165) is 24.2 Å². The summed E-state index contributed by atoms with van der Waals surface area (Å²) in [7, 11) is 3.53. The first-order valence-corrected chi connectivity index (χ1v) is 7.02. The Bertz CT molecular complexity index is 515. The number of rotatable bonds is 6. The topological polar surface area (TPSA) is 79.9 Å². The molecule has 1 fully saturated rings. The molecule has 22 heavy (non-hydrogen) atoms. The molecule has 0 atom stereocenters. The molecule has 1 amide bonds. The molecule has 0 radical (unpaired) electrons. The lowest BCUT2D eigenvalue weighted by Gasteiger charge is -2.16. The van der Waals surface area contributed by atoms with Crippen molar-refractivity contribution in [1.29, 1.82) is 0 Å². The van der Waals surface area contributed by atoms with E-state index in [4.69, 9.17) is 10.5 Å². The van der Waals surface area contributed by atoms with E-state index in [0.29, 0.717) is 18.5 Å². The van der Waals surface area contributed by atoms with Gasteiger partial charge >= 0.3 is 0 Å². The van der Waals surface area contributed by atoms with Crippen molar-refractivity contribution in [2.24, 2.45) is 10.7 Å². The number of hydrogen-bond acceptors (Lipinski definition) is 3. The zero-order chi connectivity index (χ0) is 15.2. The number of ether oxygens (including phenoxy) is 1. The van der Waals surface area contributed by atoms with Gasteiger partial charge in [0.1, 0.15) is 12.3 Å². The predicted octanol–water partition coefficient (Wildman–Crippen LogP) is 1.34. The highest BCUT2D eigenvalue weighted by molar-refractivity contribution is 14.0. The van der Waals surface area contributed by atoms with Crippen molar-refractivity contribution in [3.05, 3.63) is 29.8 Å². The predicted molar refractivity (Wildman–Crippen MR) is 97.5 cm³/mol. The van der Waals surface area contributed by atoms with Crippen LogP contribution in [0.3, 0.4) is 0 Å². The fourth-order valence-electron chi connectivity index (χ4n) is 1.91. The van der Waals surface area contributed by atoms with Gasteiger partial charge in [-0.15, -0.1) is 24.0 Å². The van der Waals surface area contributed by atoms with Gasteiger partial charge in [-0.1, -0.05) is 12.1 Å².